The maximum atomic E-state index is 5.94. The molecule has 0 fully saturated rings. The molecule has 16 heavy (non-hydrogen) atoms. The van der Waals surface area contributed by atoms with Gasteiger partial charge in [-0.05, 0) is 6.07 Å². The smallest absolute Gasteiger partial charge is 0.0923 e. The summed E-state index contributed by atoms with van der Waals surface area (Å²) in [4.78, 5) is 0. The molecule has 0 saturated heterocycles. The number of benzene rings is 1. The Hall–Kier alpha value is -1.81. The average Bonchev–Trinajstić information content (AvgIpc) is 2.83. The summed E-state index contributed by atoms with van der Waals surface area (Å²) in [7, 11) is 1.91. The summed E-state index contributed by atoms with van der Waals surface area (Å²) >= 11 is 1.73. The second kappa shape index (κ2) is 3.35. The third-order valence-electron chi connectivity index (χ3n) is 2.70. The highest BCUT2D eigenvalue weighted by atomic mass is 32.1. The number of anilines is 1. The largest absolute Gasteiger partial charge is 0.396 e. The topological polar surface area (TPSA) is 43.8 Å². The van der Waals surface area contributed by atoms with E-state index in [-0.39, 0.29) is 0 Å². The monoisotopic (exact) mass is 229 g/mol. The molecule has 2 aromatic heterocycles. The van der Waals surface area contributed by atoms with Gasteiger partial charge in [0.25, 0.3) is 0 Å². The van der Waals surface area contributed by atoms with Crippen molar-refractivity contribution in [3.63, 3.8) is 0 Å². The molecular weight excluding hydrogens is 218 g/mol. The Morgan fingerprint density at radius 1 is 1.31 bits per heavy atom. The zero-order valence-corrected chi connectivity index (χ0v) is 9.66. The van der Waals surface area contributed by atoms with Gasteiger partial charge in [0.15, 0.2) is 0 Å². The normalized spacial score (nSPS) is 11.1. The molecule has 80 valence electrons. The first-order valence-corrected chi connectivity index (χ1v) is 5.89. The van der Waals surface area contributed by atoms with Crippen LogP contribution in [0.25, 0.3) is 21.3 Å². The van der Waals surface area contributed by atoms with Crippen LogP contribution in [0.3, 0.4) is 0 Å². The first-order chi connectivity index (χ1) is 7.77. The van der Waals surface area contributed by atoms with Gasteiger partial charge in [-0.3, -0.25) is 4.68 Å². The van der Waals surface area contributed by atoms with Crippen LogP contribution in [0.4, 0.5) is 5.69 Å². The van der Waals surface area contributed by atoms with Gasteiger partial charge in [-0.25, -0.2) is 0 Å². The number of nitrogens with zero attached hydrogens (tertiary/aromatic N) is 2. The fourth-order valence-corrected chi connectivity index (χ4v) is 2.89. The molecule has 2 heterocycles. The van der Waals surface area contributed by atoms with Crippen molar-refractivity contribution in [2.75, 3.05) is 5.73 Å². The Labute approximate surface area is 97.1 Å². The molecule has 4 heteroatoms. The van der Waals surface area contributed by atoms with Crippen molar-refractivity contribution >= 4 is 27.1 Å². The molecule has 3 rings (SSSR count). The zero-order valence-electron chi connectivity index (χ0n) is 8.84. The second-order valence-electron chi connectivity index (χ2n) is 3.72. The van der Waals surface area contributed by atoms with Crippen LogP contribution < -0.4 is 5.73 Å². The Morgan fingerprint density at radius 3 is 2.88 bits per heavy atom. The summed E-state index contributed by atoms with van der Waals surface area (Å²) in [6.07, 6.45) is 1.70. The third kappa shape index (κ3) is 1.23. The van der Waals surface area contributed by atoms with Crippen molar-refractivity contribution in [3.05, 3.63) is 35.8 Å². The van der Waals surface area contributed by atoms with E-state index in [2.05, 4.69) is 28.7 Å². The van der Waals surface area contributed by atoms with Gasteiger partial charge in [0.1, 0.15) is 0 Å². The first kappa shape index (κ1) is 9.42. The molecule has 1 aromatic carbocycles. The predicted octanol–water partition coefficient (Wildman–Crippen LogP) is 2.88. The summed E-state index contributed by atoms with van der Waals surface area (Å²) in [5.41, 5.74) is 8.84. The minimum Gasteiger partial charge on any atom is -0.396 e. The highest BCUT2D eigenvalue weighted by Gasteiger charge is 2.12. The molecule has 3 nitrogen and oxygen atoms in total. The van der Waals surface area contributed by atoms with Gasteiger partial charge in [-0.2, -0.15) is 5.10 Å². The summed E-state index contributed by atoms with van der Waals surface area (Å²) < 4.78 is 3.10. The lowest BCUT2D eigenvalue weighted by atomic mass is 10.1. The van der Waals surface area contributed by atoms with Crippen molar-refractivity contribution in [1.29, 1.82) is 0 Å². The zero-order chi connectivity index (χ0) is 11.1. The van der Waals surface area contributed by atoms with Crippen LogP contribution in [0, 0.1) is 0 Å². The van der Waals surface area contributed by atoms with Crippen LogP contribution in [-0.4, -0.2) is 9.78 Å². The van der Waals surface area contributed by atoms with E-state index >= 15 is 0 Å². The minimum atomic E-state index is 0.728. The lowest BCUT2D eigenvalue weighted by Crippen LogP contribution is -1.94. The molecule has 0 unspecified atom stereocenters. The van der Waals surface area contributed by atoms with Crippen molar-refractivity contribution < 1.29 is 0 Å². The van der Waals surface area contributed by atoms with Gasteiger partial charge >= 0.3 is 0 Å². The number of rotatable bonds is 1. The van der Waals surface area contributed by atoms with E-state index in [0.29, 0.717) is 0 Å². The molecule has 0 aliphatic carbocycles. The van der Waals surface area contributed by atoms with Crippen LogP contribution in [0.5, 0.6) is 0 Å². The van der Waals surface area contributed by atoms with Gasteiger partial charge in [0, 0.05) is 28.1 Å². The van der Waals surface area contributed by atoms with E-state index in [1.807, 2.05) is 17.8 Å². The van der Waals surface area contributed by atoms with Gasteiger partial charge in [0.2, 0.25) is 0 Å². The molecule has 0 saturated carbocycles. The van der Waals surface area contributed by atoms with Crippen LogP contribution in [-0.2, 0) is 7.05 Å². The van der Waals surface area contributed by atoms with E-state index in [0.717, 1.165) is 16.9 Å². The number of nitrogens with two attached hydrogens (primary N) is 1. The quantitative estimate of drug-likeness (QED) is 0.697. The maximum Gasteiger partial charge on any atom is 0.0923 e. The molecule has 0 radical (unpaired) electrons. The van der Waals surface area contributed by atoms with Crippen molar-refractivity contribution in [2.24, 2.45) is 7.05 Å². The number of fused-ring (bicyclic) bond motifs is 1. The van der Waals surface area contributed by atoms with Gasteiger partial charge in [0.05, 0.1) is 17.6 Å². The molecule has 0 aliphatic rings. The van der Waals surface area contributed by atoms with Crippen molar-refractivity contribution in [2.45, 2.75) is 0 Å². The number of aryl methyl sites for hydroxylation is 1. The summed E-state index contributed by atoms with van der Waals surface area (Å²) in [6, 6.07) is 8.34. The molecule has 3 aromatic rings. The Morgan fingerprint density at radius 2 is 2.12 bits per heavy atom. The number of hydrogen-bond acceptors (Lipinski definition) is 3. The Balaban J connectivity index is 2.35. The van der Waals surface area contributed by atoms with E-state index in [9.17, 15) is 0 Å². The number of aromatic nitrogens is 2. The standard InChI is InChI=1S/C12H11N3S/c1-15-12(10(13)6-14-15)9-7-16-11-5-3-2-4-8(9)11/h2-7H,13H2,1H3. The fourth-order valence-electron chi connectivity index (χ4n) is 1.95. The molecule has 0 amide bonds. The van der Waals surface area contributed by atoms with Gasteiger partial charge < -0.3 is 5.73 Å². The summed E-state index contributed by atoms with van der Waals surface area (Å²) in [5, 5.41) is 7.55. The molecule has 0 aliphatic heterocycles. The highest BCUT2D eigenvalue weighted by Crippen LogP contribution is 2.35. The molecule has 0 spiro atoms. The van der Waals surface area contributed by atoms with Crippen LogP contribution in [0.15, 0.2) is 35.8 Å². The number of thiophene rings is 1. The van der Waals surface area contributed by atoms with E-state index in [1.54, 1.807) is 17.5 Å². The highest BCUT2D eigenvalue weighted by molar-refractivity contribution is 7.17. The summed E-state index contributed by atoms with van der Waals surface area (Å²) in [5.74, 6) is 0. The third-order valence-corrected chi connectivity index (χ3v) is 3.67. The lowest BCUT2D eigenvalue weighted by Gasteiger charge is -2.01. The maximum absolute atomic E-state index is 5.94. The minimum absolute atomic E-state index is 0.728. The number of hydrogen-bond donors (Lipinski definition) is 1. The predicted molar refractivity (Wildman–Crippen MR) is 68.4 cm³/mol. The molecular formula is C12H11N3S. The average molecular weight is 229 g/mol. The van der Waals surface area contributed by atoms with Crippen molar-refractivity contribution in [3.8, 4) is 11.3 Å². The molecule has 2 N–H and O–H groups in total. The van der Waals surface area contributed by atoms with E-state index in [1.165, 1.54) is 10.1 Å². The van der Waals surface area contributed by atoms with Crippen LogP contribution >= 0.6 is 11.3 Å². The van der Waals surface area contributed by atoms with E-state index in [4.69, 9.17) is 5.73 Å². The Kier molecular flexibility index (Phi) is 1.97. The number of nitrogen functional groups attached to an aromatic ring is 1. The van der Waals surface area contributed by atoms with Crippen LogP contribution in [0.1, 0.15) is 0 Å². The SMILES string of the molecule is Cn1ncc(N)c1-c1csc2ccccc12. The lowest BCUT2D eigenvalue weighted by molar-refractivity contribution is 0.777. The van der Waals surface area contributed by atoms with E-state index < -0.39 is 0 Å². The molecule has 0 bridgehead atoms. The van der Waals surface area contributed by atoms with Gasteiger partial charge in [-0.1, -0.05) is 18.2 Å². The molecule has 0 atom stereocenters. The second-order valence-corrected chi connectivity index (χ2v) is 4.63. The Bertz CT molecular complexity index is 632. The first-order valence-electron chi connectivity index (χ1n) is 5.01. The fraction of sp³-hybridized carbons (Fsp3) is 0.0833. The summed E-state index contributed by atoms with van der Waals surface area (Å²) in [6.45, 7) is 0. The van der Waals surface area contributed by atoms with Crippen LogP contribution in [0.2, 0.25) is 0 Å². The van der Waals surface area contributed by atoms with Gasteiger partial charge in [-0.15, -0.1) is 11.3 Å². The van der Waals surface area contributed by atoms with Crippen molar-refractivity contribution in [1.82, 2.24) is 9.78 Å².